The zero-order valence-electron chi connectivity index (χ0n) is 16.7. The Labute approximate surface area is 174 Å². The fourth-order valence-electron chi connectivity index (χ4n) is 3.66. The number of hydrogen-bond donors (Lipinski definition) is 0. The van der Waals surface area contributed by atoms with Crippen LogP contribution in [-0.2, 0) is 10.0 Å². The lowest BCUT2D eigenvalue weighted by atomic mass is 10.00. The van der Waals surface area contributed by atoms with Crippen LogP contribution in [0.4, 0.5) is 4.39 Å². The van der Waals surface area contributed by atoms with Gasteiger partial charge in [0.05, 0.1) is 17.9 Å². The summed E-state index contributed by atoms with van der Waals surface area (Å²) in [4.78, 5) is 4.69. The van der Waals surface area contributed by atoms with Crippen LogP contribution >= 0.6 is 0 Å². The molecule has 1 saturated heterocycles. The number of hydrogen-bond acceptors (Lipinski definition) is 6. The SMILES string of the molecule is COc1ccc(S(=O)(=O)N2CCCC(c3nc(-c4ccc(F)cc4)no3)C2)c(C)c1. The van der Waals surface area contributed by atoms with Crippen LogP contribution in [0, 0.1) is 12.7 Å². The summed E-state index contributed by atoms with van der Waals surface area (Å²) in [5.74, 6) is 0.817. The van der Waals surface area contributed by atoms with E-state index < -0.39 is 10.0 Å². The van der Waals surface area contributed by atoms with Gasteiger partial charge in [-0.1, -0.05) is 5.16 Å². The fourth-order valence-corrected chi connectivity index (χ4v) is 5.39. The predicted molar refractivity (Wildman–Crippen MR) is 108 cm³/mol. The normalized spacial score (nSPS) is 17.8. The number of ether oxygens (including phenoxy) is 1. The van der Waals surface area contributed by atoms with Crippen molar-refractivity contribution in [3.63, 3.8) is 0 Å². The van der Waals surface area contributed by atoms with Crippen LogP contribution in [0.1, 0.15) is 30.2 Å². The number of sulfonamides is 1. The Kier molecular flexibility index (Phi) is 5.57. The van der Waals surface area contributed by atoms with Crippen molar-refractivity contribution in [2.45, 2.75) is 30.6 Å². The van der Waals surface area contributed by atoms with Crippen molar-refractivity contribution in [2.24, 2.45) is 0 Å². The first-order valence-corrected chi connectivity index (χ1v) is 11.1. The van der Waals surface area contributed by atoms with Gasteiger partial charge in [-0.2, -0.15) is 9.29 Å². The van der Waals surface area contributed by atoms with Crippen LogP contribution in [0.3, 0.4) is 0 Å². The van der Waals surface area contributed by atoms with Crippen molar-refractivity contribution >= 4 is 10.0 Å². The Morgan fingerprint density at radius 1 is 1.20 bits per heavy atom. The van der Waals surface area contributed by atoms with Crippen molar-refractivity contribution in [1.29, 1.82) is 0 Å². The van der Waals surface area contributed by atoms with Gasteiger partial charge < -0.3 is 9.26 Å². The lowest BCUT2D eigenvalue weighted by Crippen LogP contribution is -2.39. The molecular weight excluding hydrogens is 409 g/mol. The van der Waals surface area contributed by atoms with E-state index in [1.165, 1.54) is 16.4 Å². The highest BCUT2D eigenvalue weighted by Gasteiger charge is 2.34. The zero-order valence-corrected chi connectivity index (χ0v) is 17.5. The number of aromatic nitrogens is 2. The molecular formula is C21H22FN3O4S. The minimum absolute atomic E-state index is 0.200. The third-order valence-corrected chi connectivity index (χ3v) is 7.30. The molecule has 2 aromatic carbocycles. The molecule has 4 rings (SSSR count). The van der Waals surface area contributed by atoms with Crippen LogP contribution < -0.4 is 4.74 Å². The van der Waals surface area contributed by atoms with Crippen molar-refractivity contribution in [3.05, 3.63) is 59.7 Å². The lowest BCUT2D eigenvalue weighted by Gasteiger charge is -2.30. The van der Waals surface area contributed by atoms with E-state index in [1.54, 1.807) is 44.4 Å². The number of nitrogens with zero attached hydrogens (tertiary/aromatic N) is 3. The Hall–Kier alpha value is -2.78. The third-order valence-electron chi connectivity index (χ3n) is 5.28. The Bertz CT molecular complexity index is 1150. The van der Waals surface area contributed by atoms with Crippen molar-refractivity contribution in [1.82, 2.24) is 14.4 Å². The van der Waals surface area contributed by atoms with E-state index in [1.807, 2.05) is 0 Å². The molecule has 0 spiro atoms. The molecule has 0 bridgehead atoms. The molecule has 0 N–H and O–H groups in total. The van der Waals surface area contributed by atoms with Gasteiger partial charge in [-0.05, 0) is 67.8 Å². The molecule has 30 heavy (non-hydrogen) atoms. The molecule has 0 aliphatic carbocycles. The molecule has 1 aliphatic rings. The number of halogens is 1. The molecule has 1 fully saturated rings. The van der Waals surface area contributed by atoms with Gasteiger partial charge in [0.1, 0.15) is 11.6 Å². The molecule has 2 heterocycles. The van der Waals surface area contributed by atoms with Gasteiger partial charge in [-0.3, -0.25) is 0 Å². The molecule has 9 heteroatoms. The number of piperidine rings is 1. The van der Waals surface area contributed by atoms with Gasteiger partial charge >= 0.3 is 0 Å². The molecule has 1 aromatic heterocycles. The summed E-state index contributed by atoms with van der Waals surface area (Å²) in [7, 11) is -2.12. The van der Waals surface area contributed by atoms with Gasteiger partial charge in [0.25, 0.3) is 0 Å². The van der Waals surface area contributed by atoms with Crippen LogP contribution in [0.25, 0.3) is 11.4 Å². The van der Waals surface area contributed by atoms with E-state index in [4.69, 9.17) is 9.26 Å². The average Bonchev–Trinajstić information content (AvgIpc) is 3.24. The maximum absolute atomic E-state index is 13.2. The minimum Gasteiger partial charge on any atom is -0.497 e. The summed E-state index contributed by atoms with van der Waals surface area (Å²) in [6, 6.07) is 10.7. The minimum atomic E-state index is -3.66. The zero-order chi connectivity index (χ0) is 21.3. The predicted octanol–water partition coefficient (Wildman–Crippen LogP) is 3.76. The van der Waals surface area contributed by atoms with Crippen molar-refractivity contribution in [2.75, 3.05) is 20.2 Å². The first-order valence-electron chi connectivity index (χ1n) is 9.63. The Morgan fingerprint density at radius 3 is 2.67 bits per heavy atom. The Balaban J connectivity index is 1.55. The molecule has 1 atom stereocenters. The van der Waals surface area contributed by atoms with Gasteiger partial charge in [-0.25, -0.2) is 12.8 Å². The van der Waals surface area contributed by atoms with Crippen molar-refractivity contribution < 1.29 is 22.1 Å². The molecule has 1 aliphatic heterocycles. The second-order valence-corrected chi connectivity index (χ2v) is 9.20. The number of rotatable bonds is 5. The largest absolute Gasteiger partial charge is 0.497 e. The quantitative estimate of drug-likeness (QED) is 0.611. The second-order valence-electron chi connectivity index (χ2n) is 7.30. The van der Waals surface area contributed by atoms with Crippen LogP contribution in [0.15, 0.2) is 51.9 Å². The number of benzene rings is 2. The summed E-state index contributed by atoms with van der Waals surface area (Å²) in [6.07, 6.45) is 1.44. The first kappa shape index (κ1) is 20.5. The first-order chi connectivity index (χ1) is 14.4. The van der Waals surface area contributed by atoms with E-state index >= 15 is 0 Å². The van der Waals surface area contributed by atoms with Crippen LogP contribution in [0.2, 0.25) is 0 Å². The molecule has 7 nitrogen and oxygen atoms in total. The second kappa shape index (κ2) is 8.16. The van der Waals surface area contributed by atoms with Gasteiger partial charge in [0.2, 0.25) is 21.7 Å². The van der Waals surface area contributed by atoms with E-state index in [9.17, 15) is 12.8 Å². The van der Waals surface area contributed by atoms with Crippen LogP contribution in [0.5, 0.6) is 5.75 Å². The summed E-state index contributed by atoms with van der Waals surface area (Å²) < 4.78 is 51.6. The van der Waals surface area contributed by atoms with E-state index in [-0.39, 0.29) is 23.2 Å². The van der Waals surface area contributed by atoms with Gasteiger partial charge in [0.15, 0.2) is 0 Å². The number of methoxy groups -OCH3 is 1. The lowest BCUT2D eigenvalue weighted by molar-refractivity contribution is 0.265. The smallest absolute Gasteiger partial charge is 0.243 e. The highest BCUT2D eigenvalue weighted by atomic mass is 32.2. The molecule has 0 amide bonds. The highest BCUT2D eigenvalue weighted by Crippen LogP contribution is 2.32. The Morgan fingerprint density at radius 2 is 1.97 bits per heavy atom. The van der Waals surface area contributed by atoms with E-state index in [0.29, 0.717) is 41.6 Å². The summed E-state index contributed by atoms with van der Waals surface area (Å²) in [5.41, 5.74) is 1.27. The fraction of sp³-hybridized carbons (Fsp3) is 0.333. The van der Waals surface area contributed by atoms with E-state index in [0.717, 1.165) is 6.42 Å². The summed E-state index contributed by atoms with van der Waals surface area (Å²) in [6.45, 7) is 2.45. The summed E-state index contributed by atoms with van der Waals surface area (Å²) >= 11 is 0. The number of aryl methyl sites for hydroxylation is 1. The maximum Gasteiger partial charge on any atom is 0.243 e. The molecule has 158 valence electrons. The molecule has 0 saturated carbocycles. The van der Waals surface area contributed by atoms with Crippen molar-refractivity contribution in [3.8, 4) is 17.1 Å². The molecule has 0 radical (unpaired) electrons. The van der Waals surface area contributed by atoms with Gasteiger partial charge in [0, 0.05) is 18.7 Å². The van der Waals surface area contributed by atoms with E-state index in [2.05, 4.69) is 10.1 Å². The molecule has 3 aromatic rings. The standard InChI is InChI=1S/C21H22FN3O4S/c1-14-12-18(28-2)9-10-19(14)30(26,27)25-11-3-4-16(13-25)21-23-20(24-29-21)15-5-7-17(22)8-6-15/h5-10,12,16H,3-4,11,13H2,1-2H3. The summed E-state index contributed by atoms with van der Waals surface area (Å²) in [5, 5.41) is 3.98. The monoisotopic (exact) mass is 431 g/mol. The highest BCUT2D eigenvalue weighted by molar-refractivity contribution is 7.89. The topological polar surface area (TPSA) is 85.5 Å². The molecule has 1 unspecified atom stereocenters. The van der Waals surface area contributed by atoms with Crippen LogP contribution in [-0.4, -0.2) is 43.1 Å². The third kappa shape index (κ3) is 3.95. The van der Waals surface area contributed by atoms with Gasteiger partial charge in [-0.15, -0.1) is 0 Å². The maximum atomic E-state index is 13.2. The average molecular weight is 431 g/mol.